The molecule has 0 saturated carbocycles. The van der Waals surface area contributed by atoms with Crippen LogP contribution in [0, 0.1) is 0 Å². The minimum Gasteiger partial charge on any atom is -0.481 e. The molecule has 0 aliphatic rings. The molecule has 0 aliphatic carbocycles. The van der Waals surface area contributed by atoms with Crippen molar-refractivity contribution in [2.24, 2.45) is 0 Å². The maximum Gasteiger partial charge on any atom is 0.417 e. The first-order chi connectivity index (χ1) is 12.4. The van der Waals surface area contributed by atoms with Gasteiger partial charge in [-0.3, -0.25) is 4.79 Å². The van der Waals surface area contributed by atoms with Crippen molar-refractivity contribution < 1.29 is 22.7 Å². The molecule has 0 fully saturated rings. The number of alkyl halides is 3. The molecule has 0 radical (unpaired) electrons. The van der Waals surface area contributed by atoms with Crippen molar-refractivity contribution in [1.82, 2.24) is 0 Å². The second kappa shape index (κ2) is 7.80. The van der Waals surface area contributed by atoms with Crippen LogP contribution < -0.4 is 10.1 Å². The third-order valence-electron chi connectivity index (χ3n) is 3.94. The summed E-state index contributed by atoms with van der Waals surface area (Å²) in [6.07, 6.45) is -5.50. The molecular formula is C20H21ClF3NO2. The number of anilines is 1. The van der Waals surface area contributed by atoms with E-state index in [9.17, 15) is 18.0 Å². The first-order valence-electron chi connectivity index (χ1n) is 8.33. The van der Waals surface area contributed by atoms with Gasteiger partial charge in [-0.25, -0.2) is 0 Å². The van der Waals surface area contributed by atoms with Crippen molar-refractivity contribution in [2.75, 3.05) is 5.32 Å². The fourth-order valence-electron chi connectivity index (χ4n) is 2.36. The van der Waals surface area contributed by atoms with Gasteiger partial charge in [-0.2, -0.15) is 13.2 Å². The van der Waals surface area contributed by atoms with Crippen molar-refractivity contribution >= 4 is 23.2 Å². The van der Waals surface area contributed by atoms with E-state index in [0.717, 1.165) is 17.7 Å². The zero-order valence-corrected chi connectivity index (χ0v) is 16.2. The molecule has 0 saturated heterocycles. The predicted molar refractivity (Wildman–Crippen MR) is 100 cm³/mol. The summed E-state index contributed by atoms with van der Waals surface area (Å²) in [6.45, 7) is 7.77. The molecule has 1 unspecified atom stereocenters. The van der Waals surface area contributed by atoms with E-state index in [2.05, 4.69) is 26.1 Å². The van der Waals surface area contributed by atoms with Crippen molar-refractivity contribution in [1.29, 1.82) is 0 Å². The molecule has 0 aromatic heterocycles. The first-order valence-corrected chi connectivity index (χ1v) is 8.70. The second-order valence-electron chi connectivity index (χ2n) is 7.22. The molecule has 2 aromatic carbocycles. The first kappa shape index (κ1) is 21.1. The van der Waals surface area contributed by atoms with E-state index in [1.54, 1.807) is 12.1 Å². The molecule has 146 valence electrons. The second-order valence-corrected chi connectivity index (χ2v) is 7.62. The fraction of sp³-hybridized carbons (Fsp3) is 0.350. The molecule has 2 rings (SSSR count). The van der Waals surface area contributed by atoms with Gasteiger partial charge >= 0.3 is 6.18 Å². The predicted octanol–water partition coefficient (Wildman–Crippen LogP) is 6.06. The highest BCUT2D eigenvalue weighted by molar-refractivity contribution is 6.31. The van der Waals surface area contributed by atoms with Gasteiger partial charge in [0.15, 0.2) is 6.10 Å². The van der Waals surface area contributed by atoms with Crippen LogP contribution in [-0.2, 0) is 16.4 Å². The van der Waals surface area contributed by atoms with Crippen LogP contribution in [0.3, 0.4) is 0 Å². The van der Waals surface area contributed by atoms with Crippen molar-refractivity contribution in [3.05, 3.63) is 58.6 Å². The highest BCUT2D eigenvalue weighted by atomic mass is 35.5. The summed E-state index contributed by atoms with van der Waals surface area (Å²) < 4.78 is 44.3. The summed E-state index contributed by atoms with van der Waals surface area (Å²) in [7, 11) is 0. The van der Waals surface area contributed by atoms with Crippen LogP contribution in [0.1, 0.15) is 38.8 Å². The smallest absolute Gasteiger partial charge is 0.417 e. The van der Waals surface area contributed by atoms with E-state index in [1.807, 2.05) is 12.1 Å². The van der Waals surface area contributed by atoms with Crippen molar-refractivity contribution in [3.8, 4) is 5.75 Å². The van der Waals surface area contributed by atoms with E-state index in [-0.39, 0.29) is 11.1 Å². The molecular weight excluding hydrogens is 379 g/mol. The summed E-state index contributed by atoms with van der Waals surface area (Å²) in [6, 6.07) is 10.5. The zero-order valence-electron chi connectivity index (χ0n) is 15.4. The topological polar surface area (TPSA) is 38.3 Å². The van der Waals surface area contributed by atoms with E-state index >= 15 is 0 Å². The van der Waals surface area contributed by atoms with Gasteiger partial charge < -0.3 is 10.1 Å². The monoisotopic (exact) mass is 399 g/mol. The Kier molecular flexibility index (Phi) is 6.10. The van der Waals surface area contributed by atoms with E-state index < -0.39 is 28.8 Å². The lowest BCUT2D eigenvalue weighted by Gasteiger charge is -2.20. The van der Waals surface area contributed by atoms with Gasteiger partial charge in [0.05, 0.1) is 10.6 Å². The van der Waals surface area contributed by atoms with Crippen LogP contribution in [0.2, 0.25) is 5.02 Å². The molecule has 0 aliphatic heterocycles. The van der Waals surface area contributed by atoms with Gasteiger partial charge in [-0.15, -0.1) is 0 Å². The van der Waals surface area contributed by atoms with Crippen LogP contribution in [0.15, 0.2) is 42.5 Å². The highest BCUT2D eigenvalue weighted by Crippen LogP contribution is 2.36. The lowest BCUT2D eigenvalue weighted by atomic mass is 9.87. The molecule has 27 heavy (non-hydrogen) atoms. The normalized spacial score (nSPS) is 13.2. The number of carbonyl (C=O) groups is 1. The maximum atomic E-state index is 12.9. The third kappa shape index (κ3) is 5.63. The Morgan fingerprint density at radius 1 is 1.07 bits per heavy atom. The summed E-state index contributed by atoms with van der Waals surface area (Å²) in [5, 5.41) is 1.99. The third-order valence-corrected chi connectivity index (χ3v) is 4.27. The summed E-state index contributed by atoms with van der Waals surface area (Å²) in [5.41, 5.74) is 0.100. The molecule has 1 N–H and O–H groups in total. The largest absolute Gasteiger partial charge is 0.481 e. The molecule has 2 aromatic rings. The van der Waals surface area contributed by atoms with Crippen LogP contribution in [0.5, 0.6) is 5.75 Å². The Labute approximate surface area is 161 Å². The van der Waals surface area contributed by atoms with Gasteiger partial charge in [0.25, 0.3) is 5.91 Å². The Morgan fingerprint density at radius 3 is 2.19 bits per heavy atom. The number of rotatable bonds is 4. The number of amides is 1. The van der Waals surface area contributed by atoms with E-state index in [1.165, 1.54) is 13.0 Å². The lowest BCUT2D eigenvalue weighted by Crippen LogP contribution is -2.30. The quantitative estimate of drug-likeness (QED) is 0.678. The minimum atomic E-state index is -4.60. The number of hydrogen-bond acceptors (Lipinski definition) is 2. The number of halogens is 4. The Morgan fingerprint density at radius 2 is 1.67 bits per heavy atom. The molecule has 0 heterocycles. The average Bonchev–Trinajstić information content (AvgIpc) is 2.55. The highest BCUT2D eigenvalue weighted by Gasteiger charge is 2.33. The molecule has 1 amide bonds. The summed E-state index contributed by atoms with van der Waals surface area (Å²) in [5.74, 6) is -0.0666. The van der Waals surface area contributed by atoms with Gasteiger partial charge in [0, 0.05) is 5.69 Å². The van der Waals surface area contributed by atoms with Crippen LogP contribution >= 0.6 is 11.6 Å². The molecule has 3 nitrogen and oxygen atoms in total. The number of carbonyl (C=O) groups excluding carboxylic acids is 1. The van der Waals surface area contributed by atoms with Crippen molar-refractivity contribution in [3.63, 3.8) is 0 Å². The average molecular weight is 400 g/mol. The number of benzene rings is 2. The Balaban J connectivity index is 2.06. The number of nitrogens with one attached hydrogen (secondary N) is 1. The number of ether oxygens (including phenoxy) is 1. The Hall–Kier alpha value is -2.21. The van der Waals surface area contributed by atoms with Gasteiger partial charge in [0.1, 0.15) is 5.75 Å². The van der Waals surface area contributed by atoms with Gasteiger partial charge in [-0.05, 0) is 48.2 Å². The molecule has 0 spiro atoms. The van der Waals surface area contributed by atoms with E-state index in [0.29, 0.717) is 5.75 Å². The number of hydrogen-bond donors (Lipinski definition) is 1. The summed E-state index contributed by atoms with van der Waals surface area (Å²) in [4.78, 5) is 12.2. The van der Waals surface area contributed by atoms with Crippen LogP contribution in [-0.4, -0.2) is 12.0 Å². The zero-order chi connectivity index (χ0) is 20.4. The van der Waals surface area contributed by atoms with Gasteiger partial charge in [0.2, 0.25) is 0 Å². The van der Waals surface area contributed by atoms with E-state index in [4.69, 9.17) is 16.3 Å². The minimum absolute atomic E-state index is 0.00439. The van der Waals surface area contributed by atoms with Gasteiger partial charge in [-0.1, -0.05) is 44.5 Å². The maximum absolute atomic E-state index is 12.9. The Bertz CT molecular complexity index is 811. The lowest BCUT2D eigenvalue weighted by molar-refractivity contribution is -0.137. The fourth-order valence-corrected chi connectivity index (χ4v) is 2.58. The van der Waals surface area contributed by atoms with Crippen LogP contribution in [0.25, 0.3) is 0 Å². The molecule has 1 atom stereocenters. The van der Waals surface area contributed by atoms with Crippen LogP contribution in [0.4, 0.5) is 18.9 Å². The molecule has 0 bridgehead atoms. The van der Waals surface area contributed by atoms with Crippen molar-refractivity contribution in [2.45, 2.75) is 45.4 Å². The molecule has 7 heteroatoms. The standard InChI is InChI=1S/C20H21ClF3NO2/c1-12(27-15-8-5-13(6-9-15)19(2,3)4)18(26)25-14-7-10-17(21)16(11-14)20(22,23)24/h5-12H,1-4H3,(H,25,26). The summed E-state index contributed by atoms with van der Waals surface area (Å²) >= 11 is 5.57. The SMILES string of the molecule is CC(Oc1ccc(C(C)(C)C)cc1)C(=O)Nc1ccc(Cl)c(C(F)(F)F)c1.